The van der Waals surface area contributed by atoms with Crippen LogP contribution in [0.4, 0.5) is 11.5 Å². The second kappa shape index (κ2) is 5.97. The zero-order valence-corrected chi connectivity index (χ0v) is 10.3. The van der Waals surface area contributed by atoms with Gasteiger partial charge in [-0.1, -0.05) is 12.1 Å². The SMILES string of the molecule is COc1cc(Nc2ccc(CCN)cc2)ncn1. The van der Waals surface area contributed by atoms with Crippen molar-refractivity contribution in [3.8, 4) is 5.88 Å². The van der Waals surface area contributed by atoms with Crippen LogP contribution in [0.25, 0.3) is 0 Å². The molecule has 2 rings (SSSR count). The Morgan fingerprint density at radius 3 is 2.67 bits per heavy atom. The molecule has 0 amide bonds. The van der Waals surface area contributed by atoms with E-state index in [1.807, 2.05) is 24.3 Å². The molecule has 1 aromatic carbocycles. The number of hydrogen-bond acceptors (Lipinski definition) is 5. The Kier molecular flexibility index (Phi) is 4.09. The molecule has 0 saturated heterocycles. The van der Waals surface area contributed by atoms with E-state index in [1.54, 1.807) is 13.2 Å². The topological polar surface area (TPSA) is 73.1 Å². The minimum atomic E-state index is 0.534. The van der Waals surface area contributed by atoms with Crippen LogP contribution in [-0.2, 0) is 6.42 Å². The number of nitrogens with two attached hydrogens (primary N) is 1. The van der Waals surface area contributed by atoms with Crippen LogP contribution < -0.4 is 15.8 Å². The number of methoxy groups -OCH3 is 1. The van der Waals surface area contributed by atoms with Crippen molar-refractivity contribution in [2.24, 2.45) is 5.73 Å². The predicted molar refractivity (Wildman–Crippen MR) is 71.1 cm³/mol. The normalized spacial score (nSPS) is 10.1. The Bertz CT molecular complexity index is 499. The minimum absolute atomic E-state index is 0.534. The van der Waals surface area contributed by atoms with E-state index < -0.39 is 0 Å². The molecule has 0 atom stereocenters. The minimum Gasteiger partial charge on any atom is -0.481 e. The number of ether oxygens (including phenoxy) is 1. The van der Waals surface area contributed by atoms with E-state index in [0.29, 0.717) is 18.2 Å². The lowest BCUT2D eigenvalue weighted by Crippen LogP contribution is -2.02. The number of aromatic nitrogens is 2. The number of benzene rings is 1. The number of nitrogens with zero attached hydrogens (tertiary/aromatic N) is 2. The Balaban J connectivity index is 2.08. The molecule has 3 N–H and O–H groups in total. The van der Waals surface area contributed by atoms with Gasteiger partial charge in [-0.05, 0) is 30.7 Å². The molecule has 1 aromatic heterocycles. The van der Waals surface area contributed by atoms with E-state index in [1.165, 1.54) is 11.9 Å². The van der Waals surface area contributed by atoms with Gasteiger partial charge in [-0.15, -0.1) is 0 Å². The predicted octanol–water partition coefficient (Wildman–Crippen LogP) is 1.73. The average molecular weight is 244 g/mol. The molecule has 18 heavy (non-hydrogen) atoms. The lowest BCUT2D eigenvalue weighted by Gasteiger charge is -2.07. The summed E-state index contributed by atoms with van der Waals surface area (Å²) in [6, 6.07) is 9.84. The van der Waals surface area contributed by atoms with Gasteiger partial charge < -0.3 is 15.8 Å². The van der Waals surface area contributed by atoms with Gasteiger partial charge in [0.25, 0.3) is 0 Å². The largest absolute Gasteiger partial charge is 0.481 e. The van der Waals surface area contributed by atoms with Gasteiger partial charge in [0.2, 0.25) is 5.88 Å². The number of hydrogen-bond donors (Lipinski definition) is 2. The van der Waals surface area contributed by atoms with Gasteiger partial charge in [0.1, 0.15) is 12.1 Å². The van der Waals surface area contributed by atoms with Gasteiger partial charge in [-0.25, -0.2) is 9.97 Å². The summed E-state index contributed by atoms with van der Waals surface area (Å²) < 4.78 is 5.04. The fourth-order valence-electron chi connectivity index (χ4n) is 1.59. The maximum absolute atomic E-state index is 5.51. The summed E-state index contributed by atoms with van der Waals surface area (Å²) in [7, 11) is 1.58. The van der Waals surface area contributed by atoms with Crippen molar-refractivity contribution in [3.63, 3.8) is 0 Å². The molecule has 2 aromatic rings. The van der Waals surface area contributed by atoms with Gasteiger partial charge in [-0.2, -0.15) is 0 Å². The van der Waals surface area contributed by atoms with Crippen LogP contribution >= 0.6 is 0 Å². The maximum Gasteiger partial charge on any atom is 0.218 e. The first-order chi connectivity index (χ1) is 8.81. The molecule has 5 heteroatoms. The second-order valence-electron chi connectivity index (χ2n) is 3.81. The van der Waals surface area contributed by atoms with Crippen LogP contribution in [0.1, 0.15) is 5.56 Å². The summed E-state index contributed by atoms with van der Waals surface area (Å²) in [5, 5.41) is 3.19. The third-order valence-electron chi connectivity index (χ3n) is 2.51. The number of rotatable bonds is 5. The van der Waals surface area contributed by atoms with Crippen molar-refractivity contribution in [3.05, 3.63) is 42.2 Å². The van der Waals surface area contributed by atoms with Gasteiger partial charge in [0, 0.05) is 11.8 Å². The third-order valence-corrected chi connectivity index (χ3v) is 2.51. The molecule has 0 aliphatic heterocycles. The Morgan fingerprint density at radius 2 is 2.00 bits per heavy atom. The van der Waals surface area contributed by atoms with Gasteiger partial charge in [-0.3, -0.25) is 0 Å². The maximum atomic E-state index is 5.51. The lowest BCUT2D eigenvalue weighted by atomic mass is 10.1. The zero-order valence-electron chi connectivity index (χ0n) is 10.3. The Morgan fingerprint density at radius 1 is 1.22 bits per heavy atom. The third kappa shape index (κ3) is 3.18. The van der Waals surface area contributed by atoms with E-state index in [2.05, 4.69) is 15.3 Å². The number of nitrogens with one attached hydrogen (secondary N) is 1. The molecule has 0 aliphatic carbocycles. The molecule has 0 bridgehead atoms. The molecule has 0 saturated carbocycles. The summed E-state index contributed by atoms with van der Waals surface area (Å²) in [5.41, 5.74) is 7.70. The molecular weight excluding hydrogens is 228 g/mol. The van der Waals surface area contributed by atoms with E-state index in [4.69, 9.17) is 10.5 Å². The van der Waals surface area contributed by atoms with Crippen molar-refractivity contribution in [1.82, 2.24) is 9.97 Å². The average Bonchev–Trinajstić information content (AvgIpc) is 2.42. The van der Waals surface area contributed by atoms with Gasteiger partial charge in [0.05, 0.1) is 7.11 Å². The molecule has 0 fully saturated rings. The van der Waals surface area contributed by atoms with E-state index in [9.17, 15) is 0 Å². The summed E-state index contributed by atoms with van der Waals surface area (Å²) in [4.78, 5) is 8.07. The van der Waals surface area contributed by atoms with Crippen molar-refractivity contribution < 1.29 is 4.74 Å². The molecule has 0 unspecified atom stereocenters. The lowest BCUT2D eigenvalue weighted by molar-refractivity contribution is 0.397. The van der Waals surface area contributed by atoms with E-state index in [-0.39, 0.29) is 0 Å². The first-order valence-corrected chi connectivity index (χ1v) is 5.74. The van der Waals surface area contributed by atoms with Crippen LogP contribution in [0.5, 0.6) is 5.88 Å². The molecular formula is C13H16N4O. The number of anilines is 2. The molecule has 0 aliphatic rings. The van der Waals surface area contributed by atoms with Crippen molar-refractivity contribution in [2.75, 3.05) is 19.0 Å². The Hall–Kier alpha value is -2.14. The van der Waals surface area contributed by atoms with Crippen LogP contribution in [0.3, 0.4) is 0 Å². The monoisotopic (exact) mass is 244 g/mol. The molecule has 5 nitrogen and oxygen atoms in total. The summed E-state index contributed by atoms with van der Waals surface area (Å²) in [6.45, 7) is 0.663. The van der Waals surface area contributed by atoms with Crippen LogP contribution in [0.15, 0.2) is 36.7 Å². The summed E-state index contributed by atoms with van der Waals surface area (Å²) in [5.74, 6) is 1.24. The highest BCUT2D eigenvalue weighted by Gasteiger charge is 1.99. The molecule has 94 valence electrons. The van der Waals surface area contributed by atoms with Crippen molar-refractivity contribution in [1.29, 1.82) is 0 Å². The molecule has 0 radical (unpaired) electrons. The fourth-order valence-corrected chi connectivity index (χ4v) is 1.59. The zero-order chi connectivity index (χ0) is 12.8. The van der Waals surface area contributed by atoms with Crippen molar-refractivity contribution >= 4 is 11.5 Å². The molecule has 1 heterocycles. The van der Waals surface area contributed by atoms with Crippen LogP contribution in [0, 0.1) is 0 Å². The standard InChI is InChI=1S/C13H16N4O/c1-18-13-8-12(15-9-16-13)17-11-4-2-10(3-5-11)6-7-14/h2-5,8-9H,6-7,14H2,1H3,(H,15,16,17). The highest BCUT2D eigenvalue weighted by Crippen LogP contribution is 2.17. The fraction of sp³-hybridized carbons (Fsp3) is 0.231. The van der Waals surface area contributed by atoms with Gasteiger partial charge >= 0.3 is 0 Å². The smallest absolute Gasteiger partial charge is 0.218 e. The van der Waals surface area contributed by atoms with E-state index >= 15 is 0 Å². The summed E-state index contributed by atoms with van der Waals surface area (Å²) >= 11 is 0. The van der Waals surface area contributed by atoms with Crippen molar-refractivity contribution in [2.45, 2.75) is 6.42 Å². The molecule has 0 spiro atoms. The van der Waals surface area contributed by atoms with E-state index in [0.717, 1.165) is 12.1 Å². The summed E-state index contributed by atoms with van der Waals surface area (Å²) in [6.07, 6.45) is 2.35. The van der Waals surface area contributed by atoms with Gasteiger partial charge in [0.15, 0.2) is 0 Å². The highest BCUT2D eigenvalue weighted by molar-refractivity contribution is 5.56. The second-order valence-corrected chi connectivity index (χ2v) is 3.81. The quantitative estimate of drug-likeness (QED) is 0.838. The highest BCUT2D eigenvalue weighted by atomic mass is 16.5. The Labute approximate surface area is 106 Å². The van der Waals surface area contributed by atoms with Crippen LogP contribution in [0.2, 0.25) is 0 Å². The first-order valence-electron chi connectivity index (χ1n) is 5.74. The first kappa shape index (κ1) is 12.3. The van der Waals surface area contributed by atoms with Crippen LogP contribution in [-0.4, -0.2) is 23.6 Å².